The second-order valence-electron chi connectivity index (χ2n) is 10.5. The van der Waals surface area contributed by atoms with Crippen LogP contribution in [0.25, 0.3) is 16.7 Å². The molecule has 0 atom stereocenters. The van der Waals surface area contributed by atoms with E-state index in [9.17, 15) is 9.59 Å². The second-order valence-corrected chi connectivity index (χ2v) is 10.9. The third-order valence-corrected chi connectivity index (χ3v) is 8.44. The van der Waals surface area contributed by atoms with Gasteiger partial charge in [0, 0.05) is 56.0 Å². The predicted octanol–water partition coefficient (Wildman–Crippen LogP) is 5.10. The Morgan fingerprint density at radius 3 is 2.58 bits per heavy atom. The van der Waals surface area contributed by atoms with Crippen LogP contribution in [-0.4, -0.2) is 72.2 Å². The molecule has 3 amide bonds. The van der Waals surface area contributed by atoms with E-state index >= 15 is 0 Å². The van der Waals surface area contributed by atoms with Crippen LogP contribution >= 0.6 is 11.6 Å². The first kappa shape index (κ1) is 25.1. The third-order valence-electron chi connectivity index (χ3n) is 8.11. The molecule has 0 bridgehead atoms. The van der Waals surface area contributed by atoms with Gasteiger partial charge in [-0.25, -0.2) is 4.79 Å². The standard InChI is InChI=1S/C30H33ClN4O3/c31-27-7-5-21(17-26(27)29(36)34-13-15-38-16-14-34)22-18-25-24(6-8-28(25)32-19-22)20-9-11-35(12-10-20)30(37)33-23-3-1-2-4-23/h5-7,9,17-19,23H,1-4,8,10-16H2,(H,33,37). The number of urea groups is 1. The molecular weight excluding hydrogens is 500 g/mol. The number of allylic oxidation sites excluding steroid dienone is 2. The van der Waals surface area contributed by atoms with E-state index in [-0.39, 0.29) is 11.9 Å². The van der Waals surface area contributed by atoms with Gasteiger partial charge in [-0.3, -0.25) is 9.78 Å². The van der Waals surface area contributed by atoms with Crippen LogP contribution in [0.1, 0.15) is 53.7 Å². The van der Waals surface area contributed by atoms with Gasteiger partial charge in [0.25, 0.3) is 5.91 Å². The van der Waals surface area contributed by atoms with Gasteiger partial charge in [-0.05, 0) is 54.2 Å². The summed E-state index contributed by atoms with van der Waals surface area (Å²) in [5.74, 6) is -0.0660. The molecule has 8 heteroatoms. The number of aromatic nitrogens is 1. The Hall–Kier alpha value is -3.16. The zero-order chi connectivity index (χ0) is 26.1. The Bertz CT molecular complexity index is 1310. The number of fused-ring (bicyclic) bond motifs is 1. The summed E-state index contributed by atoms with van der Waals surface area (Å²) in [6, 6.07) is 8.18. The van der Waals surface area contributed by atoms with Crippen molar-refractivity contribution in [3.8, 4) is 11.1 Å². The third kappa shape index (κ3) is 5.09. The molecule has 2 aliphatic carbocycles. The fraction of sp³-hybridized carbons (Fsp3) is 0.433. The van der Waals surface area contributed by atoms with Crippen LogP contribution in [0.3, 0.4) is 0 Å². The van der Waals surface area contributed by atoms with E-state index in [1.807, 2.05) is 23.2 Å². The van der Waals surface area contributed by atoms with Crippen LogP contribution in [0.2, 0.25) is 5.02 Å². The Balaban J connectivity index is 1.19. The first-order chi connectivity index (χ1) is 18.6. The van der Waals surface area contributed by atoms with Gasteiger partial charge < -0.3 is 19.9 Å². The van der Waals surface area contributed by atoms with Crippen molar-refractivity contribution in [1.82, 2.24) is 20.1 Å². The normalized spacial score (nSPS) is 19.7. The quantitative estimate of drug-likeness (QED) is 0.594. The van der Waals surface area contributed by atoms with Crippen molar-refractivity contribution in [1.29, 1.82) is 0 Å². The van der Waals surface area contributed by atoms with Crippen molar-refractivity contribution < 1.29 is 14.3 Å². The smallest absolute Gasteiger partial charge is 0.317 e. The fourth-order valence-corrected chi connectivity index (χ4v) is 6.10. The van der Waals surface area contributed by atoms with E-state index in [0.29, 0.717) is 56.0 Å². The summed E-state index contributed by atoms with van der Waals surface area (Å²) in [7, 11) is 0. The number of hydrogen-bond acceptors (Lipinski definition) is 4. The summed E-state index contributed by atoms with van der Waals surface area (Å²) < 4.78 is 5.39. The molecule has 7 nitrogen and oxygen atoms in total. The molecule has 0 radical (unpaired) electrons. The van der Waals surface area contributed by atoms with Gasteiger partial charge in [-0.15, -0.1) is 0 Å². The number of carbonyl (C=O) groups excluding carboxylic acids is 2. The SMILES string of the molecule is O=C(NC1CCCC1)N1CC=C(C2=CCc3ncc(-c4ccc(Cl)c(C(=O)N5CCOCC5)c4)cc32)CC1. The van der Waals surface area contributed by atoms with E-state index in [1.54, 1.807) is 11.0 Å². The number of morpholine rings is 1. The van der Waals surface area contributed by atoms with Gasteiger partial charge in [0.2, 0.25) is 0 Å². The van der Waals surface area contributed by atoms with Crippen molar-refractivity contribution >= 4 is 29.1 Å². The van der Waals surface area contributed by atoms with Gasteiger partial charge in [0.15, 0.2) is 0 Å². The number of rotatable bonds is 4. The molecule has 2 aromatic rings. The van der Waals surface area contributed by atoms with Crippen LogP contribution in [0, 0.1) is 0 Å². The summed E-state index contributed by atoms with van der Waals surface area (Å²) in [5.41, 5.74) is 7.06. The monoisotopic (exact) mass is 532 g/mol. The Kier molecular flexibility index (Phi) is 7.22. The lowest BCUT2D eigenvalue weighted by Gasteiger charge is -2.28. The number of ether oxygens (including phenoxy) is 1. The Labute approximate surface area is 228 Å². The van der Waals surface area contributed by atoms with Crippen molar-refractivity contribution in [3.63, 3.8) is 0 Å². The van der Waals surface area contributed by atoms with Crippen LogP contribution in [-0.2, 0) is 11.2 Å². The molecule has 2 aliphatic heterocycles. The maximum absolute atomic E-state index is 13.1. The lowest BCUT2D eigenvalue weighted by molar-refractivity contribution is 0.0303. The average Bonchev–Trinajstić information content (AvgIpc) is 3.63. The average molecular weight is 533 g/mol. The van der Waals surface area contributed by atoms with Crippen LogP contribution in [0.15, 0.2) is 48.2 Å². The minimum absolute atomic E-state index is 0.0575. The summed E-state index contributed by atoms with van der Waals surface area (Å²) in [5, 5.41) is 3.65. The topological polar surface area (TPSA) is 74.8 Å². The van der Waals surface area contributed by atoms with Gasteiger partial charge in [0.05, 0.1) is 29.5 Å². The molecule has 38 heavy (non-hydrogen) atoms. The van der Waals surface area contributed by atoms with Crippen LogP contribution < -0.4 is 5.32 Å². The summed E-state index contributed by atoms with van der Waals surface area (Å²) in [4.78, 5) is 34.3. The van der Waals surface area contributed by atoms with E-state index < -0.39 is 0 Å². The highest BCUT2D eigenvalue weighted by atomic mass is 35.5. The Morgan fingerprint density at radius 1 is 1.00 bits per heavy atom. The van der Waals surface area contributed by atoms with E-state index in [1.165, 1.54) is 24.0 Å². The number of nitrogens with zero attached hydrogens (tertiary/aromatic N) is 3. The molecule has 0 spiro atoms. The van der Waals surface area contributed by atoms with Gasteiger partial charge in [-0.2, -0.15) is 0 Å². The molecule has 198 valence electrons. The van der Waals surface area contributed by atoms with Gasteiger partial charge >= 0.3 is 6.03 Å². The number of nitrogens with one attached hydrogen (secondary N) is 1. The maximum atomic E-state index is 13.1. The summed E-state index contributed by atoms with van der Waals surface area (Å²) >= 11 is 6.45. The number of pyridine rings is 1. The molecule has 1 saturated carbocycles. The van der Waals surface area contributed by atoms with Crippen molar-refractivity contribution in [2.45, 2.75) is 44.6 Å². The highest BCUT2D eigenvalue weighted by Gasteiger charge is 2.26. The first-order valence-corrected chi connectivity index (χ1v) is 14.1. The Morgan fingerprint density at radius 2 is 1.82 bits per heavy atom. The lowest BCUT2D eigenvalue weighted by atomic mass is 9.94. The highest BCUT2D eigenvalue weighted by Crippen LogP contribution is 2.37. The molecule has 1 aromatic heterocycles. The second kappa shape index (κ2) is 10.9. The van der Waals surface area contributed by atoms with Crippen molar-refractivity contribution in [2.24, 2.45) is 0 Å². The molecule has 1 saturated heterocycles. The zero-order valence-electron chi connectivity index (χ0n) is 21.5. The molecular formula is C30H33ClN4O3. The lowest BCUT2D eigenvalue weighted by Crippen LogP contribution is -2.45. The molecule has 1 aromatic carbocycles. The molecule has 0 unspecified atom stereocenters. The maximum Gasteiger partial charge on any atom is 0.317 e. The fourth-order valence-electron chi connectivity index (χ4n) is 5.90. The van der Waals surface area contributed by atoms with Crippen LogP contribution in [0.4, 0.5) is 4.79 Å². The number of halogens is 1. The van der Waals surface area contributed by atoms with E-state index in [4.69, 9.17) is 21.3 Å². The summed E-state index contributed by atoms with van der Waals surface area (Å²) in [6.07, 6.45) is 12.5. The number of amides is 3. The van der Waals surface area contributed by atoms with Gasteiger partial charge in [-0.1, -0.05) is 42.7 Å². The molecule has 6 rings (SSSR count). The largest absolute Gasteiger partial charge is 0.378 e. The highest BCUT2D eigenvalue weighted by molar-refractivity contribution is 6.34. The number of carbonyl (C=O) groups is 2. The van der Waals surface area contributed by atoms with E-state index in [0.717, 1.165) is 48.1 Å². The van der Waals surface area contributed by atoms with E-state index in [2.05, 4.69) is 23.5 Å². The minimum atomic E-state index is -0.0660. The first-order valence-electron chi connectivity index (χ1n) is 13.7. The van der Waals surface area contributed by atoms with Crippen molar-refractivity contribution in [2.75, 3.05) is 39.4 Å². The molecule has 3 heterocycles. The summed E-state index contributed by atoms with van der Waals surface area (Å²) in [6.45, 7) is 3.58. The van der Waals surface area contributed by atoms with Crippen LogP contribution in [0.5, 0.6) is 0 Å². The predicted molar refractivity (Wildman–Crippen MR) is 148 cm³/mol. The van der Waals surface area contributed by atoms with Crippen molar-refractivity contribution in [3.05, 3.63) is 70.0 Å². The molecule has 4 aliphatic rings. The molecule has 2 fully saturated rings. The van der Waals surface area contributed by atoms with Gasteiger partial charge in [0.1, 0.15) is 0 Å². The number of benzene rings is 1. The zero-order valence-corrected chi connectivity index (χ0v) is 22.3. The minimum Gasteiger partial charge on any atom is -0.378 e. The molecule has 1 N–H and O–H groups in total. The number of hydrogen-bond donors (Lipinski definition) is 1.